The third-order valence-corrected chi connectivity index (χ3v) is 3.23. The molecule has 0 unspecified atom stereocenters. The van der Waals surface area contributed by atoms with Gasteiger partial charge in [0.15, 0.2) is 5.82 Å². The molecule has 0 aliphatic heterocycles. The van der Waals surface area contributed by atoms with Gasteiger partial charge in [0, 0.05) is 0 Å². The second kappa shape index (κ2) is 6.12. The minimum atomic E-state index is -0.151. The van der Waals surface area contributed by atoms with Crippen LogP contribution in [-0.4, -0.2) is 15.9 Å². The zero-order valence-electron chi connectivity index (χ0n) is 9.56. The van der Waals surface area contributed by atoms with Crippen LogP contribution in [0.4, 0.5) is 0 Å². The van der Waals surface area contributed by atoms with Crippen LogP contribution in [0.15, 0.2) is 4.52 Å². The van der Waals surface area contributed by atoms with E-state index in [2.05, 4.69) is 17.1 Å². The number of aromatic nitrogens is 2. The SMILES string of the molecule is CCCSCc1noc([C@H](N)C(C)C)n1. The van der Waals surface area contributed by atoms with Crippen LogP contribution in [0, 0.1) is 5.92 Å². The molecule has 0 saturated heterocycles. The molecule has 0 radical (unpaired) electrons. The second-order valence-corrected chi connectivity index (χ2v) is 4.98. The number of nitrogens with zero attached hydrogens (tertiary/aromatic N) is 2. The van der Waals surface area contributed by atoms with Crippen LogP contribution in [0.2, 0.25) is 0 Å². The predicted molar refractivity (Wildman–Crippen MR) is 62.5 cm³/mol. The zero-order valence-corrected chi connectivity index (χ0v) is 10.4. The van der Waals surface area contributed by atoms with Gasteiger partial charge in [-0.05, 0) is 18.1 Å². The van der Waals surface area contributed by atoms with Crippen LogP contribution in [0.25, 0.3) is 0 Å². The molecule has 0 aliphatic carbocycles. The molecule has 0 saturated carbocycles. The van der Waals surface area contributed by atoms with Gasteiger partial charge in [-0.25, -0.2) is 0 Å². The number of hydrogen-bond acceptors (Lipinski definition) is 5. The Morgan fingerprint density at radius 2 is 2.20 bits per heavy atom. The van der Waals surface area contributed by atoms with E-state index in [1.807, 2.05) is 25.6 Å². The van der Waals surface area contributed by atoms with Crippen molar-refractivity contribution in [2.75, 3.05) is 5.75 Å². The lowest BCUT2D eigenvalue weighted by Gasteiger charge is -2.09. The van der Waals surface area contributed by atoms with E-state index in [0.717, 1.165) is 17.3 Å². The highest BCUT2D eigenvalue weighted by Crippen LogP contribution is 2.18. The summed E-state index contributed by atoms with van der Waals surface area (Å²) in [7, 11) is 0. The van der Waals surface area contributed by atoms with Crippen molar-refractivity contribution in [1.29, 1.82) is 0 Å². The fraction of sp³-hybridized carbons (Fsp3) is 0.800. The van der Waals surface area contributed by atoms with Gasteiger partial charge in [-0.3, -0.25) is 0 Å². The lowest BCUT2D eigenvalue weighted by atomic mass is 10.1. The molecule has 5 heteroatoms. The molecule has 0 aliphatic rings. The molecule has 15 heavy (non-hydrogen) atoms. The van der Waals surface area contributed by atoms with Gasteiger partial charge in [0.1, 0.15) is 0 Å². The van der Waals surface area contributed by atoms with Crippen LogP contribution in [0.3, 0.4) is 0 Å². The van der Waals surface area contributed by atoms with E-state index in [1.165, 1.54) is 6.42 Å². The minimum Gasteiger partial charge on any atom is -0.338 e. The van der Waals surface area contributed by atoms with Crippen LogP contribution >= 0.6 is 11.8 Å². The first-order valence-corrected chi connectivity index (χ1v) is 6.46. The first-order chi connectivity index (χ1) is 7.15. The Labute approximate surface area is 95.0 Å². The van der Waals surface area contributed by atoms with Gasteiger partial charge in [0.05, 0.1) is 11.8 Å². The van der Waals surface area contributed by atoms with Crippen molar-refractivity contribution in [2.24, 2.45) is 11.7 Å². The number of nitrogens with two attached hydrogens (primary N) is 1. The maximum atomic E-state index is 5.90. The summed E-state index contributed by atoms with van der Waals surface area (Å²) in [6.07, 6.45) is 1.17. The Kier molecular flexibility index (Phi) is 5.11. The van der Waals surface area contributed by atoms with E-state index < -0.39 is 0 Å². The van der Waals surface area contributed by atoms with Gasteiger partial charge in [0.2, 0.25) is 5.89 Å². The molecule has 0 spiro atoms. The molecule has 0 fully saturated rings. The van der Waals surface area contributed by atoms with Crippen molar-refractivity contribution in [3.63, 3.8) is 0 Å². The Morgan fingerprint density at radius 1 is 1.47 bits per heavy atom. The third-order valence-electron chi connectivity index (χ3n) is 2.07. The van der Waals surface area contributed by atoms with E-state index in [9.17, 15) is 0 Å². The second-order valence-electron chi connectivity index (χ2n) is 3.87. The molecule has 0 bridgehead atoms. The summed E-state index contributed by atoms with van der Waals surface area (Å²) in [6.45, 7) is 6.24. The van der Waals surface area contributed by atoms with Crippen LogP contribution < -0.4 is 5.73 Å². The lowest BCUT2D eigenvalue weighted by molar-refractivity contribution is 0.323. The molecule has 1 atom stereocenters. The molecule has 86 valence electrons. The molecule has 1 heterocycles. The molecule has 0 amide bonds. The quantitative estimate of drug-likeness (QED) is 0.759. The number of rotatable bonds is 6. The summed E-state index contributed by atoms with van der Waals surface area (Å²) < 4.78 is 5.12. The fourth-order valence-electron chi connectivity index (χ4n) is 1.05. The summed E-state index contributed by atoms with van der Waals surface area (Å²) in [5, 5.41) is 3.90. The van der Waals surface area contributed by atoms with Crippen molar-refractivity contribution in [3.05, 3.63) is 11.7 Å². The number of hydrogen-bond donors (Lipinski definition) is 1. The smallest absolute Gasteiger partial charge is 0.243 e. The van der Waals surface area contributed by atoms with Crippen LogP contribution in [-0.2, 0) is 5.75 Å². The van der Waals surface area contributed by atoms with Crippen molar-refractivity contribution in [3.8, 4) is 0 Å². The van der Waals surface area contributed by atoms with E-state index in [-0.39, 0.29) is 6.04 Å². The molecule has 4 nitrogen and oxygen atoms in total. The summed E-state index contributed by atoms with van der Waals surface area (Å²) >= 11 is 1.81. The summed E-state index contributed by atoms with van der Waals surface area (Å²) in [5.41, 5.74) is 5.90. The van der Waals surface area contributed by atoms with E-state index in [4.69, 9.17) is 10.3 Å². The molecule has 1 aromatic rings. The molecule has 2 N–H and O–H groups in total. The highest BCUT2D eigenvalue weighted by molar-refractivity contribution is 7.98. The van der Waals surface area contributed by atoms with Gasteiger partial charge in [-0.15, -0.1) is 0 Å². The van der Waals surface area contributed by atoms with Crippen LogP contribution in [0.5, 0.6) is 0 Å². The fourth-order valence-corrected chi connectivity index (χ4v) is 1.79. The van der Waals surface area contributed by atoms with Crippen molar-refractivity contribution < 1.29 is 4.52 Å². The molecule has 0 aromatic carbocycles. The van der Waals surface area contributed by atoms with Crippen molar-refractivity contribution in [1.82, 2.24) is 10.1 Å². The van der Waals surface area contributed by atoms with E-state index in [0.29, 0.717) is 11.8 Å². The van der Waals surface area contributed by atoms with E-state index >= 15 is 0 Å². The van der Waals surface area contributed by atoms with Gasteiger partial charge in [-0.1, -0.05) is 25.9 Å². The first-order valence-electron chi connectivity index (χ1n) is 5.31. The monoisotopic (exact) mass is 229 g/mol. The average molecular weight is 229 g/mol. The largest absolute Gasteiger partial charge is 0.338 e. The minimum absolute atomic E-state index is 0.151. The van der Waals surface area contributed by atoms with Crippen molar-refractivity contribution in [2.45, 2.75) is 39.0 Å². The Morgan fingerprint density at radius 3 is 2.80 bits per heavy atom. The normalized spacial score (nSPS) is 13.4. The molecular weight excluding hydrogens is 210 g/mol. The molecule has 1 rings (SSSR count). The van der Waals surface area contributed by atoms with Crippen molar-refractivity contribution >= 4 is 11.8 Å². The highest BCUT2D eigenvalue weighted by atomic mass is 32.2. The maximum absolute atomic E-state index is 5.90. The highest BCUT2D eigenvalue weighted by Gasteiger charge is 2.17. The van der Waals surface area contributed by atoms with Gasteiger partial charge >= 0.3 is 0 Å². The van der Waals surface area contributed by atoms with E-state index in [1.54, 1.807) is 0 Å². The molecule has 1 aromatic heterocycles. The third kappa shape index (κ3) is 3.83. The predicted octanol–water partition coefficient (Wildman–Crippen LogP) is 2.37. The summed E-state index contributed by atoms with van der Waals surface area (Å²) in [5.74, 6) is 3.56. The topological polar surface area (TPSA) is 64.9 Å². The van der Waals surface area contributed by atoms with Gasteiger partial charge in [0.25, 0.3) is 0 Å². The van der Waals surface area contributed by atoms with Gasteiger partial charge in [-0.2, -0.15) is 16.7 Å². The summed E-state index contributed by atoms with van der Waals surface area (Å²) in [4.78, 5) is 4.28. The first kappa shape index (κ1) is 12.5. The standard InChI is InChI=1S/C10H19N3OS/c1-4-5-15-6-8-12-10(14-13-8)9(11)7(2)3/h7,9H,4-6,11H2,1-3H3/t9-/m1/s1. The Hall–Kier alpha value is -0.550. The molecular formula is C10H19N3OS. The maximum Gasteiger partial charge on any atom is 0.243 e. The van der Waals surface area contributed by atoms with Crippen LogP contribution in [0.1, 0.15) is 44.9 Å². The lowest BCUT2D eigenvalue weighted by Crippen LogP contribution is -2.17. The Balaban J connectivity index is 2.48. The summed E-state index contributed by atoms with van der Waals surface area (Å²) in [6, 6.07) is -0.151. The van der Waals surface area contributed by atoms with Gasteiger partial charge < -0.3 is 10.3 Å². The number of thioether (sulfide) groups is 1. The average Bonchev–Trinajstić information content (AvgIpc) is 2.65. The Bertz CT molecular complexity index is 288. The zero-order chi connectivity index (χ0) is 11.3.